The molecule has 0 saturated carbocycles. The average molecular weight is 390 g/mol. The van der Waals surface area contributed by atoms with E-state index in [0.717, 1.165) is 0 Å². The van der Waals surface area contributed by atoms with Crippen molar-refractivity contribution in [1.29, 1.82) is 0 Å². The van der Waals surface area contributed by atoms with Crippen LogP contribution in [0.25, 0.3) is 0 Å². The predicted octanol–water partition coefficient (Wildman–Crippen LogP) is 3.02. The van der Waals surface area contributed by atoms with Gasteiger partial charge in [0.25, 0.3) is 5.91 Å². The SMILES string of the molecule is CCS(=O)(=O)c1ccccc1N1CCC(NC(=O)c2ccccc2F)CC1. The average Bonchev–Trinajstić information content (AvgIpc) is 2.69. The van der Waals surface area contributed by atoms with Gasteiger partial charge in [-0.05, 0) is 37.1 Å². The third kappa shape index (κ3) is 4.30. The quantitative estimate of drug-likeness (QED) is 0.852. The fourth-order valence-corrected chi connectivity index (χ4v) is 4.42. The van der Waals surface area contributed by atoms with Crippen LogP contribution in [0.1, 0.15) is 30.1 Å². The maximum Gasteiger partial charge on any atom is 0.254 e. The highest BCUT2D eigenvalue weighted by atomic mass is 32.2. The summed E-state index contributed by atoms with van der Waals surface area (Å²) in [4.78, 5) is 14.7. The minimum Gasteiger partial charge on any atom is -0.370 e. The van der Waals surface area contributed by atoms with Crippen LogP contribution in [0.3, 0.4) is 0 Å². The van der Waals surface area contributed by atoms with Crippen LogP contribution in [-0.2, 0) is 9.84 Å². The third-order valence-corrected chi connectivity index (χ3v) is 6.65. The molecule has 3 rings (SSSR count). The van der Waals surface area contributed by atoms with Gasteiger partial charge >= 0.3 is 0 Å². The Morgan fingerprint density at radius 2 is 1.74 bits per heavy atom. The Hall–Kier alpha value is -2.41. The number of anilines is 1. The molecular formula is C20H23FN2O3S. The molecule has 144 valence electrons. The highest BCUT2D eigenvalue weighted by molar-refractivity contribution is 7.91. The topological polar surface area (TPSA) is 66.5 Å². The summed E-state index contributed by atoms with van der Waals surface area (Å²) in [6.07, 6.45) is 1.33. The fraction of sp³-hybridized carbons (Fsp3) is 0.350. The van der Waals surface area contributed by atoms with Crippen LogP contribution in [0.2, 0.25) is 0 Å². The smallest absolute Gasteiger partial charge is 0.254 e. The lowest BCUT2D eigenvalue weighted by atomic mass is 10.0. The number of nitrogens with one attached hydrogen (secondary N) is 1. The molecule has 1 heterocycles. The van der Waals surface area contributed by atoms with E-state index in [1.165, 1.54) is 12.1 Å². The molecular weight excluding hydrogens is 367 g/mol. The fourth-order valence-electron chi connectivity index (χ4n) is 3.31. The van der Waals surface area contributed by atoms with Crippen molar-refractivity contribution < 1.29 is 17.6 Å². The predicted molar refractivity (Wildman–Crippen MR) is 103 cm³/mol. The normalized spacial score (nSPS) is 15.6. The molecule has 0 bridgehead atoms. The molecule has 0 radical (unpaired) electrons. The van der Waals surface area contributed by atoms with E-state index in [0.29, 0.717) is 36.5 Å². The minimum absolute atomic E-state index is 0.0410. The summed E-state index contributed by atoms with van der Waals surface area (Å²) < 4.78 is 38.4. The number of halogens is 1. The number of amides is 1. The van der Waals surface area contributed by atoms with Crippen molar-refractivity contribution in [2.45, 2.75) is 30.7 Å². The van der Waals surface area contributed by atoms with Gasteiger partial charge in [-0.2, -0.15) is 0 Å². The van der Waals surface area contributed by atoms with Gasteiger partial charge in [-0.3, -0.25) is 4.79 Å². The van der Waals surface area contributed by atoms with E-state index in [2.05, 4.69) is 5.32 Å². The summed E-state index contributed by atoms with van der Waals surface area (Å²) in [7, 11) is -3.30. The van der Waals surface area contributed by atoms with Crippen molar-refractivity contribution >= 4 is 21.4 Å². The zero-order valence-corrected chi connectivity index (χ0v) is 16.0. The number of sulfone groups is 1. The summed E-state index contributed by atoms with van der Waals surface area (Å²) in [5.74, 6) is -0.897. The van der Waals surface area contributed by atoms with Crippen LogP contribution >= 0.6 is 0 Å². The number of nitrogens with zero attached hydrogens (tertiary/aromatic N) is 1. The van der Waals surface area contributed by atoms with E-state index >= 15 is 0 Å². The second kappa shape index (κ2) is 8.08. The molecule has 7 heteroatoms. The van der Waals surface area contributed by atoms with Crippen molar-refractivity contribution in [2.75, 3.05) is 23.7 Å². The third-order valence-electron chi connectivity index (χ3n) is 4.87. The molecule has 1 aliphatic heterocycles. The van der Waals surface area contributed by atoms with Gasteiger partial charge in [0.15, 0.2) is 9.84 Å². The molecule has 1 amide bonds. The monoisotopic (exact) mass is 390 g/mol. The molecule has 0 aromatic heterocycles. The van der Waals surface area contributed by atoms with Crippen LogP contribution in [0.4, 0.5) is 10.1 Å². The van der Waals surface area contributed by atoms with Gasteiger partial charge in [0, 0.05) is 19.1 Å². The first-order valence-corrected chi connectivity index (χ1v) is 10.7. The molecule has 0 aliphatic carbocycles. The van der Waals surface area contributed by atoms with E-state index in [-0.39, 0.29) is 17.4 Å². The number of hydrogen-bond donors (Lipinski definition) is 1. The zero-order valence-electron chi connectivity index (χ0n) is 15.2. The van der Waals surface area contributed by atoms with Crippen LogP contribution < -0.4 is 10.2 Å². The maximum absolute atomic E-state index is 13.7. The van der Waals surface area contributed by atoms with E-state index < -0.39 is 21.6 Å². The number of rotatable bonds is 5. The molecule has 1 N–H and O–H groups in total. The number of piperidine rings is 1. The largest absolute Gasteiger partial charge is 0.370 e. The highest BCUT2D eigenvalue weighted by Gasteiger charge is 2.26. The molecule has 0 unspecified atom stereocenters. The van der Waals surface area contributed by atoms with Crippen molar-refractivity contribution in [2.24, 2.45) is 0 Å². The first-order valence-electron chi connectivity index (χ1n) is 9.04. The number of benzene rings is 2. The van der Waals surface area contributed by atoms with Crippen molar-refractivity contribution in [1.82, 2.24) is 5.32 Å². The molecule has 5 nitrogen and oxygen atoms in total. The van der Waals surface area contributed by atoms with Crippen molar-refractivity contribution in [3.63, 3.8) is 0 Å². The Labute approximate surface area is 159 Å². The van der Waals surface area contributed by atoms with Gasteiger partial charge < -0.3 is 10.2 Å². The van der Waals surface area contributed by atoms with Crippen LogP contribution in [0.5, 0.6) is 0 Å². The first kappa shape index (κ1) is 19.4. The van der Waals surface area contributed by atoms with E-state index in [1.807, 2.05) is 17.0 Å². The van der Waals surface area contributed by atoms with Gasteiger partial charge in [-0.1, -0.05) is 31.2 Å². The molecule has 2 aromatic rings. The first-order chi connectivity index (χ1) is 12.9. The van der Waals surface area contributed by atoms with Gasteiger partial charge in [0.05, 0.1) is 21.9 Å². The number of para-hydroxylation sites is 1. The van der Waals surface area contributed by atoms with E-state index in [9.17, 15) is 17.6 Å². The number of carbonyl (C=O) groups excluding carboxylic acids is 1. The molecule has 27 heavy (non-hydrogen) atoms. The Bertz CT molecular complexity index is 922. The van der Waals surface area contributed by atoms with Gasteiger partial charge in [0.2, 0.25) is 0 Å². The number of hydrogen-bond acceptors (Lipinski definition) is 4. The van der Waals surface area contributed by atoms with Crippen LogP contribution in [0.15, 0.2) is 53.4 Å². The molecule has 0 atom stereocenters. The zero-order chi connectivity index (χ0) is 19.4. The number of carbonyl (C=O) groups is 1. The van der Waals surface area contributed by atoms with Gasteiger partial charge in [-0.15, -0.1) is 0 Å². The highest BCUT2D eigenvalue weighted by Crippen LogP contribution is 2.28. The van der Waals surface area contributed by atoms with Crippen LogP contribution in [0, 0.1) is 5.82 Å². The standard InChI is InChI=1S/C20H23FN2O3S/c1-2-27(25,26)19-10-6-5-9-18(19)23-13-11-15(12-14-23)22-20(24)16-7-3-4-8-17(16)21/h3-10,15H,2,11-14H2,1H3,(H,22,24). The Morgan fingerprint density at radius 3 is 2.41 bits per heavy atom. The van der Waals surface area contributed by atoms with Crippen molar-refractivity contribution in [3.8, 4) is 0 Å². The lowest BCUT2D eigenvalue weighted by Crippen LogP contribution is -2.45. The maximum atomic E-state index is 13.7. The Kier molecular flexibility index (Phi) is 5.79. The minimum atomic E-state index is -3.30. The van der Waals surface area contributed by atoms with Gasteiger partial charge in [0.1, 0.15) is 5.82 Å². The summed E-state index contributed by atoms with van der Waals surface area (Å²) in [6.45, 7) is 2.88. The molecule has 0 spiro atoms. The summed E-state index contributed by atoms with van der Waals surface area (Å²) in [5, 5.41) is 2.88. The van der Waals surface area contributed by atoms with Gasteiger partial charge in [-0.25, -0.2) is 12.8 Å². The summed E-state index contributed by atoms with van der Waals surface area (Å²) >= 11 is 0. The summed E-state index contributed by atoms with van der Waals surface area (Å²) in [6, 6.07) is 12.9. The van der Waals surface area contributed by atoms with E-state index in [4.69, 9.17) is 0 Å². The molecule has 2 aromatic carbocycles. The summed E-state index contributed by atoms with van der Waals surface area (Å²) in [5.41, 5.74) is 0.748. The Balaban J connectivity index is 1.67. The molecule has 1 saturated heterocycles. The van der Waals surface area contributed by atoms with E-state index in [1.54, 1.807) is 31.2 Å². The lowest BCUT2D eigenvalue weighted by Gasteiger charge is -2.35. The Morgan fingerprint density at radius 1 is 1.11 bits per heavy atom. The molecule has 1 aliphatic rings. The molecule has 1 fully saturated rings. The second-order valence-corrected chi connectivity index (χ2v) is 8.83. The lowest BCUT2D eigenvalue weighted by molar-refractivity contribution is 0.0927. The second-order valence-electron chi connectivity index (χ2n) is 6.59. The van der Waals surface area contributed by atoms with Crippen LogP contribution in [-0.4, -0.2) is 39.2 Å². The van der Waals surface area contributed by atoms with Crippen molar-refractivity contribution in [3.05, 3.63) is 59.9 Å².